The first kappa shape index (κ1) is 26.7. The maximum Gasteiger partial charge on any atom is 0.317 e. The summed E-state index contributed by atoms with van der Waals surface area (Å²) in [6, 6.07) is 21.6. The molecule has 0 bridgehead atoms. The average molecular weight is 485 g/mol. The Kier molecular flexibility index (Phi) is 9.88. The SMILES string of the molecule is CCCCc1ccc(CN(CCCC)C(=O)NC)c(=O)n1Cc1ccc(-c2ccccc2C#N)cc1. The molecule has 3 aromatic rings. The monoisotopic (exact) mass is 484 g/mol. The van der Waals surface area contributed by atoms with Crippen LogP contribution in [0.25, 0.3) is 11.1 Å². The number of carbonyl (C=O) groups excluding carboxylic acids is 1. The van der Waals surface area contributed by atoms with Crippen molar-refractivity contribution in [2.24, 2.45) is 0 Å². The van der Waals surface area contributed by atoms with E-state index in [1.165, 1.54) is 0 Å². The van der Waals surface area contributed by atoms with Crippen LogP contribution in [-0.2, 0) is 19.5 Å². The molecule has 1 aromatic heterocycles. The highest BCUT2D eigenvalue weighted by atomic mass is 16.2. The average Bonchev–Trinajstić information content (AvgIpc) is 2.92. The van der Waals surface area contributed by atoms with Crippen LogP contribution in [0.1, 0.15) is 61.9 Å². The molecule has 6 nitrogen and oxygen atoms in total. The predicted molar refractivity (Wildman–Crippen MR) is 145 cm³/mol. The second kappa shape index (κ2) is 13.3. The van der Waals surface area contributed by atoms with E-state index in [0.717, 1.165) is 54.5 Å². The number of urea groups is 1. The van der Waals surface area contributed by atoms with E-state index in [2.05, 4.69) is 25.2 Å². The zero-order valence-corrected chi connectivity index (χ0v) is 21.6. The number of hydrogen-bond donors (Lipinski definition) is 1. The molecule has 1 N–H and O–H groups in total. The molecule has 2 aromatic carbocycles. The smallest absolute Gasteiger partial charge is 0.317 e. The van der Waals surface area contributed by atoms with Gasteiger partial charge in [0.25, 0.3) is 5.56 Å². The summed E-state index contributed by atoms with van der Waals surface area (Å²) in [4.78, 5) is 27.7. The first-order valence-electron chi connectivity index (χ1n) is 12.8. The number of hydrogen-bond acceptors (Lipinski definition) is 3. The van der Waals surface area contributed by atoms with E-state index in [1.807, 2.05) is 65.2 Å². The fourth-order valence-electron chi connectivity index (χ4n) is 4.30. The molecule has 0 atom stereocenters. The van der Waals surface area contributed by atoms with E-state index >= 15 is 0 Å². The van der Waals surface area contributed by atoms with Crippen LogP contribution in [0.15, 0.2) is 65.5 Å². The number of pyridine rings is 1. The number of aromatic nitrogens is 1. The minimum absolute atomic E-state index is 0.0482. The Labute approximate surface area is 214 Å². The molecule has 0 aliphatic rings. The molecule has 0 saturated heterocycles. The molecule has 3 rings (SSSR count). The van der Waals surface area contributed by atoms with Gasteiger partial charge in [-0.1, -0.05) is 69.2 Å². The zero-order chi connectivity index (χ0) is 25.9. The maximum atomic E-state index is 13.6. The molecule has 0 unspecified atom stereocenters. The van der Waals surface area contributed by atoms with Gasteiger partial charge in [-0.05, 0) is 54.2 Å². The summed E-state index contributed by atoms with van der Waals surface area (Å²) in [5.74, 6) is 0. The number of unbranched alkanes of at least 4 members (excludes halogenated alkanes) is 2. The van der Waals surface area contributed by atoms with E-state index in [4.69, 9.17) is 0 Å². The van der Waals surface area contributed by atoms with Crippen molar-refractivity contribution < 1.29 is 4.79 Å². The highest BCUT2D eigenvalue weighted by Gasteiger charge is 2.16. The standard InChI is InChI=1S/C30H36N4O2/c1-4-6-11-27-18-17-26(22-33(19-7-5-2)30(36)32-3)29(35)34(27)21-23-13-15-24(16-14-23)28-12-9-8-10-25(28)20-31/h8-10,12-18H,4-7,11,19,21-22H2,1-3H3,(H,32,36). The molecule has 0 aliphatic carbocycles. The number of benzene rings is 2. The van der Waals surface area contributed by atoms with Crippen molar-refractivity contribution in [3.63, 3.8) is 0 Å². The van der Waals surface area contributed by atoms with Crippen LogP contribution in [0.2, 0.25) is 0 Å². The summed E-state index contributed by atoms with van der Waals surface area (Å²) >= 11 is 0. The number of nitriles is 1. The van der Waals surface area contributed by atoms with Crippen LogP contribution >= 0.6 is 0 Å². The zero-order valence-electron chi connectivity index (χ0n) is 21.6. The largest absolute Gasteiger partial charge is 0.341 e. The number of nitrogens with one attached hydrogen (secondary N) is 1. The number of nitrogens with zero attached hydrogens (tertiary/aromatic N) is 3. The fraction of sp³-hybridized carbons (Fsp3) is 0.367. The number of aryl methyl sites for hydroxylation is 1. The Morgan fingerprint density at radius 1 is 1.00 bits per heavy atom. The highest BCUT2D eigenvalue weighted by Crippen LogP contribution is 2.24. The molecule has 2 amide bonds. The van der Waals surface area contributed by atoms with E-state index < -0.39 is 0 Å². The van der Waals surface area contributed by atoms with Gasteiger partial charge in [0.2, 0.25) is 0 Å². The van der Waals surface area contributed by atoms with Crippen LogP contribution in [-0.4, -0.2) is 29.1 Å². The third-order valence-electron chi connectivity index (χ3n) is 6.43. The minimum Gasteiger partial charge on any atom is -0.341 e. The summed E-state index contributed by atoms with van der Waals surface area (Å²) in [6.45, 7) is 5.58. The van der Waals surface area contributed by atoms with Crippen LogP contribution in [0, 0.1) is 11.3 Å². The van der Waals surface area contributed by atoms with Gasteiger partial charge < -0.3 is 14.8 Å². The summed E-state index contributed by atoms with van der Waals surface area (Å²) in [5.41, 5.74) is 5.10. The number of rotatable bonds is 11. The lowest BCUT2D eigenvalue weighted by Gasteiger charge is -2.23. The van der Waals surface area contributed by atoms with Gasteiger partial charge >= 0.3 is 6.03 Å². The van der Waals surface area contributed by atoms with Crippen molar-refractivity contribution >= 4 is 6.03 Å². The Morgan fingerprint density at radius 3 is 2.39 bits per heavy atom. The van der Waals surface area contributed by atoms with E-state index in [-0.39, 0.29) is 18.1 Å². The molecule has 0 spiro atoms. The van der Waals surface area contributed by atoms with Crippen LogP contribution in [0.3, 0.4) is 0 Å². The van der Waals surface area contributed by atoms with Crippen molar-refractivity contribution in [1.29, 1.82) is 5.26 Å². The van der Waals surface area contributed by atoms with Gasteiger partial charge in [0.1, 0.15) is 0 Å². The highest BCUT2D eigenvalue weighted by molar-refractivity contribution is 5.73. The van der Waals surface area contributed by atoms with Crippen LogP contribution in [0.4, 0.5) is 4.79 Å². The second-order valence-corrected chi connectivity index (χ2v) is 9.03. The fourth-order valence-corrected chi connectivity index (χ4v) is 4.30. The lowest BCUT2D eigenvalue weighted by molar-refractivity contribution is 0.196. The lowest BCUT2D eigenvalue weighted by Crippen LogP contribution is -2.40. The Morgan fingerprint density at radius 2 is 1.72 bits per heavy atom. The molecule has 0 radical (unpaired) electrons. The summed E-state index contributed by atoms with van der Waals surface area (Å²) in [7, 11) is 1.62. The quantitative estimate of drug-likeness (QED) is 0.378. The van der Waals surface area contributed by atoms with Crippen LogP contribution < -0.4 is 10.9 Å². The lowest BCUT2D eigenvalue weighted by atomic mass is 9.99. The predicted octanol–water partition coefficient (Wildman–Crippen LogP) is 5.72. The van der Waals surface area contributed by atoms with Crippen molar-refractivity contribution in [3.8, 4) is 17.2 Å². The third-order valence-corrected chi connectivity index (χ3v) is 6.43. The Hall–Kier alpha value is -3.85. The first-order chi connectivity index (χ1) is 17.5. The Balaban J connectivity index is 1.92. The minimum atomic E-state index is -0.169. The van der Waals surface area contributed by atoms with Gasteiger partial charge in [-0.3, -0.25) is 4.79 Å². The van der Waals surface area contributed by atoms with Crippen molar-refractivity contribution in [2.45, 2.75) is 59.0 Å². The van der Waals surface area contributed by atoms with Gasteiger partial charge in [0, 0.05) is 24.8 Å². The number of carbonyl (C=O) groups is 1. The Bertz CT molecular complexity index is 1260. The van der Waals surface area contributed by atoms with Crippen molar-refractivity contribution in [1.82, 2.24) is 14.8 Å². The van der Waals surface area contributed by atoms with Gasteiger partial charge in [-0.25, -0.2) is 4.79 Å². The van der Waals surface area contributed by atoms with E-state index in [9.17, 15) is 14.9 Å². The molecule has 6 heteroatoms. The van der Waals surface area contributed by atoms with Gasteiger partial charge in [0.05, 0.1) is 24.7 Å². The third kappa shape index (κ3) is 6.63. The van der Waals surface area contributed by atoms with Gasteiger partial charge in [0.15, 0.2) is 0 Å². The molecule has 188 valence electrons. The van der Waals surface area contributed by atoms with Crippen LogP contribution in [0.5, 0.6) is 0 Å². The summed E-state index contributed by atoms with van der Waals surface area (Å²) < 4.78 is 1.85. The molecule has 0 fully saturated rings. The molecule has 36 heavy (non-hydrogen) atoms. The van der Waals surface area contributed by atoms with Gasteiger partial charge in [-0.2, -0.15) is 5.26 Å². The molecular weight excluding hydrogens is 448 g/mol. The molecular formula is C30H36N4O2. The normalized spacial score (nSPS) is 10.6. The summed E-state index contributed by atoms with van der Waals surface area (Å²) in [6.07, 6.45) is 4.74. The summed E-state index contributed by atoms with van der Waals surface area (Å²) in [5, 5.41) is 12.1. The molecule has 0 saturated carbocycles. The topological polar surface area (TPSA) is 78.1 Å². The molecule has 0 aliphatic heterocycles. The van der Waals surface area contributed by atoms with Gasteiger partial charge in [-0.15, -0.1) is 0 Å². The second-order valence-electron chi connectivity index (χ2n) is 9.03. The maximum absolute atomic E-state index is 13.6. The van der Waals surface area contributed by atoms with Crippen molar-refractivity contribution in [3.05, 3.63) is 93.4 Å². The van der Waals surface area contributed by atoms with Crippen molar-refractivity contribution in [2.75, 3.05) is 13.6 Å². The number of amides is 2. The van der Waals surface area contributed by atoms with E-state index in [0.29, 0.717) is 24.2 Å². The van der Waals surface area contributed by atoms with E-state index in [1.54, 1.807) is 11.9 Å². The first-order valence-corrected chi connectivity index (χ1v) is 12.8. The molecule has 1 heterocycles.